The highest BCUT2D eigenvalue weighted by Crippen LogP contribution is 2.35. The molecule has 2 aromatic rings. The summed E-state index contributed by atoms with van der Waals surface area (Å²) in [7, 11) is 0. The molecular weight excluding hydrogens is 444 g/mol. The molecule has 0 bridgehead atoms. The van der Waals surface area contributed by atoms with Crippen LogP contribution in [-0.2, 0) is 11.3 Å². The molecule has 182 valence electrons. The smallest absolute Gasteiger partial charge is 0.264 e. The molecule has 2 saturated carbocycles. The predicted molar refractivity (Wildman–Crippen MR) is 136 cm³/mol. The normalized spacial score (nSPS) is 27.2. The Morgan fingerprint density at radius 3 is 2.44 bits per heavy atom. The molecule has 2 atom stereocenters. The first-order valence-corrected chi connectivity index (χ1v) is 13.6. The second-order valence-corrected chi connectivity index (χ2v) is 11.3. The number of hydrogen-bond donors (Lipinski definition) is 2. The largest absolute Gasteiger partial charge is 0.352 e. The molecule has 3 fully saturated rings. The van der Waals surface area contributed by atoms with Gasteiger partial charge in [-0.15, -0.1) is 11.3 Å². The number of benzene rings is 1. The third-order valence-corrected chi connectivity index (χ3v) is 8.52. The zero-order valence-electron chi connectivity index (χ0n) is 20.0. The number of nitrogens with one attached hydrogen (secondary N) is 1. The van der Waals surface area contributed by atoms with Crippen molar-refractivity contribution < 1.29 is 9.59 Å². The lowest BCUT2D eigenvalue weighted by atomic mass is 9.91. The van der Waals surface area contributed by atoms with Crippen LogP contribution in [0, 0.1) is 6.92 Å². The van der Waals surface area contributed by atoms with Crippen molar-refractivity contribution in [3.63, 3.8) is 0 Å². The topological polar surface area (TPSA) is 78.7 Å². The minimum absolute atomic E-state index is 0.000963. The van der Waals surface area contributed by atoms with Crippen LogP contribution in [0.1, 0.15) is 65.7 Å². The van der Waals surface area contributed by atoms with Crippen LogP contribution in [-0.4, -0.2) is 58.4 Å². The van der Waals surface area contributed by atoms with Crippen molar-refractivity contribution in [2.45, 2.75) is 88.6 Å². The van der Waals surface area contributed by atoms with E-state index in [1.165, 1.54) is 35.3 Å². The second-order valence-electron chi connectivity index (χ2n) is 10.3. The van der Waals surface area contributed by atoms with Gasteiger partial charge in [0.1, 0.15) is 6.04 Å². The molecule has 2 heterocycles. The molecular formula is C27H36N4O2S. The van der Waals surface area contributed by atoms with Crippen LogP contribution in [0.2, 0.25) is 0 Å². The van der Waals surface area contributed by atoms with Gasteiger partial charge in [-0.2, -0.15) is 0 Å². The van der Waals surface area contributed by atoms with Crippen molar-refractivity contribution in [3.8, 4) is 0 Å². The molecule has 2 unspecified atom stereocenters. The summed E-state index contributed by atoms with van der Waals surface area (Å²) in [6.07, 6.45) is 6.82. The van der Waals surface area contributed by atoms with E-state index in [1.54, 1.807) is 0 Å². The van der Waals surface area contributed by atoms with Gasteiger partial charge in [0.2, 0.25) is 5.91 Å². The van der Waals surface area contributed by atoms with E-state index < -0.39 is 6.04 Å². The maximum Gasteiger partial charge on any atom is 0.264 e. The van der Waals surface area contributed by atoms with Gasteiger partial charge < -0.3 is 16.0 Å². The maximum absolute atomic E-state index is 13.5. The van der Waals surface area contributed by atoms with Crippen molar-refractivity contribution >= 4 is 23.2 Å². The number of amides is 2. The quantitative estimate of drug-likeness (QED) is 0.634. The summed E-state index contributed by atoms with van der Waals surface area (Å²) in [6, 6.07) is 13.2. The van der Waals surface area contributed by atoms with Crippen LogP contribution in [0.25, 0.3) is 0 Å². The number of thiophene rings is 1. The molecule has 3 N–H and O–H groups in total. The molecule has 1 aromatic carbocycles. The average Bonchev–Trinajstić information content (AvgIpc) is 3.33. The van der Waals surface area contributed by atoms with Gasteiger partial charge in [-0.3, -0.25) is 14.5 Å². The molecule has 6 nitrogen and oxygen atoms in total. The van der Waals surface area contributed by atoms with E-state index in [2.05, 4.69) is 41.4 Å². The van der Waals surface area contributed by atoms with E-state index in [1.807, 2.05) is 22.4 Å². The Bertz CT molecular complexity index is 981. The molecule has 3 aliphatic rings. The van der Waals surface area contributed by atoms with Gasteiger partial charge in [0.15, 0.2) is 0 Å². The van der Waals surface area contributed by atoms with Crippen LogP contribution in [0.5, 0.6) is 0 Å². The van der Waals surface area contributed by atoms with E-state index in [0.717, 1.165) is 32.2 Å². The monoisotopic (exact) mass is 480 g/mol. The van der Waals surface area contributed by atoms with Gasteiger partial charge in [0.25, 0.3) is 5.91 Å². The van der Waals surface area contributed by atoms with Gasteiger partial charge in [-0.25, -0.2) is 0 Å². The van der Waals surface area contributed by atoms with Crippen LogP contribution in [0.15, 0.2) is 41.8 Å². The maximum atomic E-state index is 13.5. The fourth-order valence-electron chi connectivity index (χ4n) is 5.50. The van der Waals surface area contributed by atoms with Crippen molar-refractivity contribution in [3.05, 3.63) is 57.8 Å². The summed E-state index contributed by atoms with van der Waals surface area (Å²) in [4.78, 5) is 32.0. The zero-order chi connectivity index (χ0) is 23.7. The summed E-state index contributed by atoms with van der Waals surface area (Å²) in [5, 5.41) is 5.19. The van der Waals surface area contributed by atoms with Gasteiger partial charge in [-0.05, 0) is 68.9 Å². The minimum Gasteiger partial charge on any atom is -0.352 e. The Hall–Kier alpha value is -2.22. The number of carbonyl (C=O) groups excluding carboxylic acids is 2. The molecule has 0 radical (unpaired) electrons. The SMILES string of the molecule is Cc1ccc(CN(C2CC2)C2CC(C(=O)NC3CCC(N)CC3)N(C(=O)c3cccs3)C2)cc1. The lowest BCUT2D eigenvalue weighted by molar-refractivity contribution is -0.125. The second kappa shape index (κ2) is 10.2. The van der Waals surface area contributed by atoms with Crippen LogP contribution in [0.4, 0.5) is 0 Å². The number of aryl methyl sites for hydroxylation is 1. The molecule has 2 aliphatic carbocycles. The summed E-state index contributed by atoms with van der Waals surface area (Å²) < 4.78 is 0. The zero-order valence-corrected chi connectivity index (χ0v) is 20.8. The molecule has 5 rings (SSSR count). The standard InChI is InChI=1S/C27H36N4O2S/c1-18-4-6-19(7-5-18)16-30(22-12-13-22)23-15-24(26(32)29-21-10-8-20(28)9-11-21)31(17-23)27(33)25-3-2-14-34-25/h2-7,14,20-24H,8-13,15-17,28H2,1H3,(H,29,32). The van der Waals surface area contributed by atoms with Crippen molar-refractivity contribution in [2.75, 3.05) is 6.54 Å². The highest BCUT2D eigenvalue weighted by molar-refractivity contribution is 7.12. The highest BCUT2D eigenvalue weighted by Gasteiger charge is 2.45. The first-order chi connectivity index (χ1) is 16.5. The van der Waals surface area contributed by atoms with E-state index >= 15 is 0 Å². The number of carbonyl (C=O) groups is 2. The predicted octanol–water partition coefficient (Wildman–Crippen LogP) is 3.69. The number of rotatable bonds is 7. The summed E-state index contributed by atoms with van der Waals surface area (Å²) in [6.45, 7) is 3.58. The highest BCUT2D eigenvalue weighted by atomic mass is 32.1. The first-order valence-electron chi connectivity index (χ1n) is 12.7. The third kappa shape index (κ3) is 5.37. The minimum atomic E-state index is -0.422. The Labute approximate surface area is 206 Å². The molecule has 7 heteroatoms. The van der Waals surface area contributed by atoms with E-state index in [0.29, 0.717) is 23.9 Å². The number of nitrogens with zero attached hydrogens (tertiary/aromatic N) is 2. The molecule has 34 heavy (non-hydrogen) atoms. The van der Waals surface area contributed by atoms with Crippen LogP contribution in [0.3, 0.4) is 0 Å². The fourth-order valence-corrected chi connectivity index (χ4v) is 6.18. The van der Waals surface area contributed by atoms with Crippen LogP contribution < -0.4 is 11.1 Å². The number of hydrogen-bond acceptors (Lipinski definition) is 5. The van der Waals surface area contributed by atoms with Crippen LogP contribution >= 0.6 is 11.3 Å². The van der Waals surface area contributed by atoms with Gasteiger partial charge in [0.05, 0.1) is 4.88 Å². The van der Waals surface area contributed by atoms with Crippen molar-refractivity contribution in [1.29, 1.82) is 0 Å². The molecule has 2 amide bonds. The average molecular weight is 481 g/mol. The third-order valence-electron chi connectivity index (χ3n) is 7.66. The molecule has 1 aliphatic heterocycles. The Balaban J connectivity index is 1.33. The summed E-state index contributed by atoms with van der Waals surface area (Å²) in [5.74, 6) is -0.0200. The first kappa shape index (κ1) is 23.5. The van der Waals surface area contributed by atoms with E-state index in [4.69, 9.17) is 5.73 Å². The number of likely N-dealkylation sites (tertiary alicyclic amines) is 1. The lowest BCUT2D eigenvalue weighted by Crippen LogP contribution is -2.50. The number of nitrogens with two attached hydrogens (primary N) is 1. The van der Waals surface area contributed by atoms with Gasteiger partial charge in [0, 0.05) is 37.3 Å². The lowest BCUT2D eigenvalue weighted by Gasteiger charge is -2.29. The van der Waals surface area contributed by atoms with Crippen molar-refractivity contribution in [1.82, 2.24) is 15.1 Å². The van der Waals surface area contributed by atoms with E-state index in [-0.39, 0.29) is 29.9 Å². The Morgan fingerprint density at radius 1 is 1.06 bits per heavy atom. The van der Waals surface area contributed by atoms with Crippen molar-refractivity contribution in [2.24, 2.45) is 5.73 Å². The summed E-state index contributed by atoms with van der Waals surface area (Å²) >= 11 is 1.45. The molecule has 1 aromatic heterocycles. The van der Waals surface area contributed by atoms with E-state index in [9.17, 15) is 9.59 Å². The molecule has 1 saturated heterocycles. The Kier molecular flexibility index (Phi) is 7.04. The fraction of sp³-hybridized carbons (Fsp3) is 0.556. The summed E-state index contributed by atoms with van der Waals surface area (Å²) in [5.41, 5.74) is 8.60. The van der Waals surface area contributed by atoms with Gasteiger partial charge >= 0.3 is 0 Å². The Morgan fingerprint density at radius 2 is 1.79 bits per heavy atom. The van der Waals surface area contributed by atoms with Gasteiger partial charge in [-0.1, -0.05) is 35.9 Å². The molecule has 0 spiro atoms.